The molecule has 2 heterocycles. The van der Waals surface area contributed by atoms with Crippen molar-refractivity contribution in [2.45, 2.75) is 45.8 Å². The van der Waals surface area contributed by atoms with Gasteiger partial charge in [0.2, 0.25) is 0 Å². The van der Waals surface area contributed by atoms with E-state index in [-0.39, 0.29) is 46.1 Å². The number of ketones is 3. The maximum atomic E-state index is 14.2. The van der Waals surface area contributed by atoms with Crippen molar-refractivity contribution in [1.29, 1.82) is 0 Å². The summed E-state index contributed by atoms with van der Waals surface area (Å²) in [4.78, 5) is 44.6. The van der Waals surface area contributed by atoms with Crippen molar-refractivity contribution in [3.8, 4) is 23.0 Å². The number of phenolic OH excluding ortho intramolecular Hbond substituents is 2. The van der Waals surface area contributed by atoms with E-state index < -0.39 is 40.3 Å². The minimum Gasteiger partial charge on any atom is -0.507 e. The molecule has 4 N–H and O–H groups in total. The van der Waals surface area contributed by atoms with Crippen LogP contribution in [0.2, 0.25) is 0 Å². The molecule has 0 saturated carbocycles. The second-order valence-electron chi connectivity index (χ2n) is 10.3. The molecule has 0 spiro atoms. The number of ether oxygens (including phenoxy) is 3. The van der Waals surface area contributed by atoms with Crippen molar-refractivity contribution >= 4 is 17.3 Å². The molecule has 2 aliphatic rings. The number of H-pyrrole nitrogens is 1. The highest BCUT2D eigenvalue weighted by Gasteiger charge is 2.56. The third-order valence-corrected chi connectivity index (χ3v) is 7.66. The van der Waals surface area contributed by atoms with Crippen molar-refractivity contribution in [3.05, 3.63) is 81.3 Å². The number of Topliss-reactive ketones (excluding diaryl/α,β-unsaturated/α-hetero) is 2. The number of benzene rings is 2. The lowest BCUT2D eigenvalue weighted by Crippen LogP contribution is -2.41. The average molecular weight is 575 g/mol. The Morgan fingerprint density at radius 2 is 1.83 bits per heavy atom. The highest BCUT2D eigenvalue weighted by molar-refractivity contribution is 6.31. The maximum absolute atomic E-state index is 14.2. The summed E-state index contributed by atoms with van der Waals surface area (Å²) in [5.74, 6) is -1.37. The number of nitrogens with zero attached hydrogens (tertiary/aromatic N) is 2. The summed E-state index contributed by atoms with van der Waals surface area (Å²) >= 11 is 0. The molecule has 5 rings (SSSR count). The van der Waals surface area contributed by atoms with Gasteiger partial charge in [0.25, 0.3) is 0 Å². The van der Waals surface area contributed by atoms with Crippen LogP contribution in [0.15, 0.2) is 47.4 Å². The Morgan fingerprint density at radius 3 is 2.45 bits per heavy atom. The number of phenols is 2. The summed E-state index contributed by atoms with van der Waals surface area (Å²) in [5, 5.41) is 32.0. The summed E-state index contributed by atoms with van der Waals surface area (Å²) in [6.45, 7) is 5.97. The molecule has 12 heteroatoms. The first kappa shape index (κ1) is 28.6. The van der Waals surface area contributed by atoms with Gasteiger partial charge in [-0.2, -0.15) is 5.10 Å². The van der Waals surface area contributed by atoms with Crippen LogP contribution in [0.5, 0.6) is 23.0 Å². The Hall–Kier alpha value is -4.97. The topological polar surface area (TPSA) is 173 Å². The van der Waals surface area contributed by atoms with Gasteiger partial charge in [0.15, 0.2) is 29.0 Å². The van der Waals surface area contributed by atoms with Crippen LogP contribution in [-0.4, -0.2) is 57.0 Å². The highest BCUT2D eigenvalue weighted by atomic mass is 16.5. The number of aromatic hydroxyl groups is 2. The number of nitrogens with one attached hydrogen (secondary N) is 2. The Balaban J connectivity index is 1.62. The number of aromatic nitrogens is 3. The SMILES string of the molecule is COCc1nc(C(N/C(C)=C2\C(=O)C=C3Oc4c(C(C)=O)c(O)c(C)c(O)c4C3(C)C2=O)c2ccc(OC)cc2)n[nH]1. The molecule has 42 heavy (non-hydrogen) atoms. The predicted molar refractivity (Wildman–Crippen MR) is 148 cm³/mol. The van der Waals surface area contributed by atoms with E-state index >= 15 is 0 Å². The monoisotopic (exact) mass is 574 g/mol. The number of hydrogen-bond donors (Lipinski definition) is 4. The van der Waals surface area contributed by atoms with E-state index in [1.165, 1.54) is 34.0 Å². The smallest absolute Gasteiger partial charge is 0.194 e. The highest BCUT2D eigenvalue weighted by Crippen LogP contribution is 2.57. The molecule has 0 radical (unpaired) electrons. The zero-order valence-corrected chi connectivity index (χ0v) is 23.9. The van der Waals surface area contributed by atoms with Crippen LogP contribution in [-0.2, 0) is 26.3 Å². The van der Waals surface area contributed by atoms with E-state index in [1.807, 2.05) is 12.1 Å². The van der Waals surface area contributed by atoms with Crippen LogP contribution in [0.25, 0.3) is 0 Å². The van der Waals surface area contributed by atoms with Crippen LogP contribution >= 0.6 is 0 Å². The molecule has 2 unspecified atom stereocenters. The molecular weight excluding hydrogens is 544 g/mol. The number of fused-ring (bicyclic) bond motifs is 3. The zero-order chi connectivity index (χ0) is 30.5. The van der Waals surface area contributed by atoms with Crippen molar-refractivity contribution in [2.24, 2.45) is 0 Å². The maximum Gasteiger partial charge on any atom is 0.194 e. The van der Waals surface area contributed by atoms with Gasteiger partial charge in [-0.25, -0.2) is 4.98 Å². The number of carbonyl (C=O) groups excluding carboxylic acids is 3. The number of rotatable bonds is 8. The van der Waals surface area contributed by atoms with E-state index in [9.17, 15) is 24.6 Å². The normalized spacial score (nSPS) is 19.4. The molecule has 3 aromatic rings. The molecule has 218 valence electrons. The van der Waals surface area contributed by atoms with Crippen LogP contribution in [0.1, 0.15) is 65.5 Å². The molecule has 0 saturated heterocycles. The first-order valence-corrected chi connectivity index (χ1v) is 13.0. The van der Waals surface area contributed by atoms with E-state index in [2.05, 4.69) is 20.5 Å². The standard InChI is InChI=1S/C30H30N4O8/c1-13-25(37)22(15(3)35)27-23(26(13)38)30(4)19(42-27)11-18(36)21(28(30)39)14(2)31-24(16-7-9-17(41-6)10-8-16)29-32-20(12-40-5)33-34-29/h7-11,24,31,37-38H,12H2,1-6H3,(H,32,33,34)/b21-14+. The number of methoxy groups -OCH3 is 2. The molecule has 12 nitrogen and oxygen atoms in total. The summed E-state index contributed by atoms with van der Waals surface area (Å²) in [7, 11) is 3.09. The fourth-order valence-corrected chi connectivity index (χ4v) is 5.38. The van der Waals surface area contributed by atoms with Gasteiger partial charge in [0.05, 0.1) is 18.2 Å². The van der Waals surface area contributed by atoms with Gasteiger partial charge in [-0.3, -0.25) is 19.5 Å². The second-order valence-corrected chi connectivity index (χ2v) is 10.3. The van der Waals surface area contributed by atoms with Crippen molar-refractivity contribution < 1.29 is 38.8 Å². The lowest BCUT2D eigenvalue weighted by molar-refractivity contribution is -0.123. The second kappa shape index (κ2) is 10.5. The average Bonchev–Trinajstić information content (AvgIpc) is 3.53. The summed E-state index contributed by atoms with van der Waals surface area (Å²) in [6, 6.07) is 6.46. The van der Waals surface area contributed by atoms with E-state index in [0.29, 0.717) is 17.4 Å². The molecule has 0 amide bonds. The van der Waals surface area contributed by atoms with E-state index in [0.717, 1.165) is 5.56 Å². The number of carbonyl (C=O) groups is 3. The minimum absolute atomic E-state index is 0.0157. The van der Waals surface area contributed by atoms with Gasteiger partial charge in [-0.15, -0.1) is 0 Å². The predicted octanol–water partition coefficient (Wildman–Crippen LogP) is 3.22. The van der Waals surface area contributed by atoms with Crippen LogP contribution < -0.4 is 14.8 Å². The molecule has 2 atom stereocenters. The van der Waals surface area contributed by atoms with Gasteiger partial charge in [-0.1, -0.05) is 12.1 Å². The molecular formula is C30H30N4O8. The van der Waals surface area contributed by atoms with Crippen molar-refractivity contribution in [3.63, 3.8) is 0 Å². The number of hydrogen-bond acceptors (Lipinski definition) is 11. The zero-order valence-electron chi connectivity index (χ0n) is 23.9. The molecule has 2 aromatic carbocycles. The molecule has 0 bridgehead atoms. The third-order valence-electron chi connectivity index (χ3n) is 7.66. The van der Waals surface area contributed by atoms with Gasteiger partial charge < -0.3 is 29.7 Å². The first-order chi connectivity index (χ1) is 19.9. The Bertz CT molecular complexity index is 1700. The third kappa shape index (κ3) is 4.31. The van der Waals surface area contributed by atoms with E-state index in [1.54, 1.807) is 26.2 Å². The number of allylic oxidation sites excluding steroid dienone is 4. The van der Waals surface area contributed by atoms with Gasteiger partial charge >= 0.3 is 0 Å². The quantitative estimate of drug-likeness (QED) is 0.177. The molecule has 0 fully saturated rings. The lowest BCUT2D eigenvalue weighted by atomic mass is 9.70. The summed E-state index contributed by atoms with van der Waals surface area (Å²) < 4.78 is 16.3. The Labute approximate surface area is 241 Å². The fraction of sp³-hybridized carbons (Fsp3) is 0.300. The summed E-state index contributed by atoms with van der Waals surface area (Å²) in [5.41, 5.74) is -0.989. The minimum atomic E-state index is -1.64. The number of aromatic amines is 1. The van der Waals surface area contributed by atoms with Crippen molar-refractivity contribution in [2.75, 3.05) is 14.2 Å². The van der Waals surface area contributed by atoms with Crippen LogP contribution in [0.4, 0.5) is 0 Å². The molecule has 1 aliphatic carbocycles. The largest absolute Gasteiger partial charge is 0.507 e. The van der Waals surface area contributed by atoms with Crippen LogP contribution in [0.3, 0.4) is 0 Å². The van der Waals surface area contributed by atoms with Gasteiger partial charge in [0, 0.05) is 24.4 Å². The van der Waals surface area contributed by atoms with Crippen LogP contribution in [0, 0.1) is 6.92 Å². The fourth-order valence-electron chi connectivity index (χ4n) is 5.38. The van der Waals surface area contributed by atoms with E-state index in [4.69, 9.17) is 14.2 Å². The first-order valence-electron chi connectivity index (χ1n) is 13.0. The molecule has 1 aromatic heterocycles. The molecule has 1 aliphatic heterocycles. The summed E-state index contributed by atoms with van der Waals surface area (Å²) in [6.07, 6.45) is 1.17. The van der Waals surface area contributed by atoms with Gasteiger partial charge in [0.1, 0.15) is 52.4 Å². The Morgan fingerprint density at radius 1 is 1.14 bits per heavy atom. The lowest BCUT2D eigenvalue weighted by Gasteiger charge is -2.29. The van der Waals surface area contributed by atoms with Crippen molar-refractivity contribution in [1.82, 2.24) is 20.5 Å². The Kier molecular flexibility index (Phi) is 7.11. The van der Waals surface area contributed by atoms with Gasteiger partial charge in [-0.05, 0) is 45.4 Å².